The molecule has 1 saturated carbocycles. The van der Waals surface area contributed by atoms with Crippen molar-refractivity contribution in [1.82, 2.24) is 5.32 Å². The number of sulfonamides is 1. The van der Waals surface area contributed by atoms with Gasteiger partial charge in [0.25, 0.3) is 10.0 Å². The van der Waals surface area contributed by atoms with E-state index < -0.39 is 10.0 Å². The number of aryl methyl sites for hydroxylation is 1. The quantitative estimate of drug-likeness (QED) is 0.372. The third-order valence-corrected chi connectivity index (χ3v) is 8.76. The zero-order valence-corrected chi connectivity index (χ0v) is 22.6. The first-order valence-corrected chi connectivity index (χ1v) is 14.8. The highest BCUT2D eigenvalue weighted by atomic mass is 32.2. The third-order valence-electron chi connectivity index (χ3n) is 7.23. The van der Waals surface area contributed by atoms with Crippen molar-refractivity contribution in [3.05, 3.63) is 59.2 Å². The van der Waals surface area contributed by atoms with E-state index in [2.05, 4.69) is 29.1 Å². The number of ether oxygens (including phenoxy) is 2. The molecule has 0 saturated heterocycles. The van der Waals surface area contributed by atoms with Gasteiger partial charge in [-0.05, 0) is 68.5 Å². The van der Waals surface area contributed by atoms with Crippen molar-refractivity contribution in [3.63, 3.8) is 0 Å². The van der Waals surface area contributed by atoms with Gasteiger partial charge in [-0.3, -0.25) is 4.72 Å². The highest BCUT2D eigenvalue weighted by Gasteiger charge is 2.23. The summed E-state index contributed by atoms with van der Waals surface area (Å²) in [6.07, 6.45) is 11.1. The molecule has 2 aromatic carbocycles. The Morgan fingerprint density at radius 2 is 1.81 bits per heavy atom. The largest absolute Gasteiger partial charge is 0.486 e. The predicted molar refractivity (Wildman–Crippen MR) is 146 cm³/mol. The van der Waals surface area contributed by atoms with Crippen LogP contribution < -0.4 is 19.5 Å². The van der Waals surface area contributed by atoms with Crippen LogP contribution in [0.4, 0.5) is 5.69 Å². The van der Waals surface area contributed by atoms with Crippen molar-refractivity contribution >= 4 is 15.7 Å². The van der Waals surface area contributed by atoms with Crippen LogP contribution in [0.25, 0.3) is 0 Å². The summed E-state index contributed by atoms with van der Waals surface area (Å²) < 4.78 is 40.9. The van der Waals surface area contributed by atoms with Gasteiger partial charge >= 0.3 is 0 Å². The van der Waals surface area contributed by atoms with E-state index in [9.17, 15) is 8.42 Å². The van der Waals surface area contributed by atoms with Gasteiger partial charge < -0.3 is 14.8 Å². The van der Waals surface area contributed by atoms with Crippen molar-refractivity contribution in [2.45, 2.75) is 69.6 Å². The van der Waals surface area contributed by atoms with Crippen molar-refractivity contribution in [2.24, 2.45) is 5.92 Å². The molecule has 0 aromatic heterocycles. The van der Waals surface area contributed by atoms with E-state index in [0.29, 0.717) is 41.2 Å². The van der Waals surface area contributed by atoms with E-state index in [0.717, 1.165) is 30.5 Å². The maximum Gasteiger partial charge on any atom is 0.262 e. The summed E-state index contributed by atoms with van der Waals surface area (Å²) in [5.74, 6) is 1.95. The fraction of sp³-hybridized carbons (Fsp3) is 0.517. The van der Waals surface area contributed by atoms with Crippen LogP contribution in [0, 0.1) is 12.8 Å². The van der Waals surface area contributed by atoms with Crippen molar-refractivity contribution < 1.29 is 17.9 Å². The molecule has 0 spiro atoms. The molecule has 0 bridgehead atoms. The molecule has 196 valence electrons. The van der Waals surface area contributed by atoms with E-state index in [1.807, 2.05) is 26.1 Å². The summed E-state index contributed by atoms with van der Waals surface area (Å²) in [5.41, 5.74) is 3.73. The molecule has 2 aliphatic rings. The second-order valence-corrected chi connectivity index (χ2v) is 11.6. The number of hydrogen-bond donors (Lipinski definition) is 2. The van der Waals surface area contributed by atoms with Crippen molar-refractivity contribution in [3.8, 4) is 11.5 Å². The van der Waals surface area contributed by atoms with Gasteiger partial charge in [-0.15, -0.1) is 0 Å². The third kappa shape index (κ3) is 6.43. The lowest BCUT2D eigenvalue weighted by Gasteiger charge is -2.26. The summed E-state index contributed by atoms with van der Waals surface area (Å²) in [4.78, 5) is 0.305. The lowest BCUT2D eigenvalue weighted by Crippen LogP contribution is -2.19. The van der Waals surface area contributed by atoms with Crippen LogP contribution in [-0.4, -0.2) is 35.2 Å². The summed E-state index contributed by atoms with van der Waals surface area (Å²) >= 11 is 0. The normalized spacial score (nSPS) is 17.6. The Morgan fingerprint density at radius 3 is 2.53 bits per heavy atom. The molecule has 0 radical (unpaired) electrons. The molecule has 2 aromatic rings. The second kappa shape index (κ2) is 12.2. The first-order valence-electron chi connectivity index (χ1n) is 13.3. The number of likely N-dealkylation sites (N-methyl/N-ethyl adjacent to an activating group) is 1. The molecule has 0 amide bonds. The zero-order valence-electron chi connectivity index (χ0n) is 21.8. The summed E-state index contributed by atoms with van der Waals surface area (Å²) in [6.45, 7) is 5.79. The van der Waals surface area contributed by atoms with Gasteiger partial charge in [0.05, 0.1) is 10.6 Å². The molecular formula is C29H40N2O4S. The number of nitrogens with one attached hydrogen (secondary N) is 2. The minimum Gasteiger partial charge on any atom is -0.486 e. The molecule has 1 aliphatic carbocycles. The van der Waals surface area contributed by atoms with Crippen LogP contribution in [0.15, 0.2) is 52.9 Å². The number of hydrogen-bond acceptors (Lipinski definition) is 5. The first-order chi connectivity index (χ1) is 17.4. The number of rotatable bonds is 10. The molecule has 4 rings (SSSR count). The molecule has 1 aliphatic heterocycles. The van der Waals surface area contributed by atoms with E-state index in [1.165, 1.54) is 37.7 Å². The maximum atomic E-state index is 13.5. The van der Waals surface area contributed by atoms with Crippen LogP contribution in [-0.2, 0) is 10.0 Å². The van der Waals surface area contributed by atoms with Gasteiger partial charge in [0, 0.05) is 18.5 Å². The van der Waals surface area contributed by atoms with Crippen LogP contribution in [0.1, 0.15) is 68.9 Å². The smallest absolute Gasteiger partial charge is 0.262 e. The number of benzene rings is 2. The standard InChI is InChI=1S/C29H40N2O4S/c1-4-8-23(22-9-6-5-7-10-22)17-25(20-30-3)24-12-11-21(2)29(18-24)36(32,33)31-26-13-14-27-28(19-26)35-16-15-34-27/h11-14,17-19,22,25,30-31H,4-10,15-16,20H2,1-3H3/b23-17-. The van der Waals surface area contributed by atoms with E-state index in [1.54, 1.807) is 18.2 Å². The predicted octanol–water partition coefficient (Wildman–Crippen LogP) is 6.18. The fourth-order valence-corrected chi connectivity index (χ4v) is 6.72. The number of anilines is 1. The van der Waals surface area contributed by atoms with Crippen LogP contribution in [0.5, 0.6) is 11.5 Å². The Morgan fingerprint density at radius 1 is 1.06 bits per heavy atom. The van der Waals surface area contributed by atoms with Gasteiger partial charge in [0.2, 0.25) is 0 Å². The molecule has 1 fully saturated rings. The SMILES string of the molecule is CCC/C(=C/C(CNC)c1ccc(C)c(S(=O)(=O)Nc2ccc3c(c2)OCCO3)c1)C1CCCCC1. The Bertz CT molecular complexity index is 1170. The molecule has 36 heavy (non-hydrogen) atoms. The lowest BCUT2D eigenvalue weighted by atomic mass is 9.80. The Labute approximate surface area is 216 Å². The lowest BCUT2D eigenvalue weighted by molar-refractivity contribution is 0.171. The van der Waals surface area contributed by atoms with Gasteiger partial charge in [0.15, 0.2) is 11.5 Å². The maximum absolute atomic E-state index is 13.5. The summed E-state index contributed by atoms with van der Waals surface area (Å²) in [6, 6.07) is 11.0. The molecule has 1 heterocycles. The number of fused-ring (bicyclic) bond motifs is 1. The van der Waals surface area contributed by atoms with Crippen molar-refractivity contribution in [2.75, 3.05) is 31.5 Å². The molecular weight excluding hydrogens is 472 g/mol. The van der Waals surface area contributed by atoms with Gasteiger partial charge in [-0.25, -0.2) is 8.42 Å². The topological polar surface area (TPSA) is 76.7 Å². The van der Waals surface area contributed by atoms with Crippen LogP contribution >= 0.6 is 0 Å². The highest BCUT2D eigenvalue weighted by molar-refractivity contribution is 7.92. The molecule has 6 nitrogen and oxygen atoms in total. The minimum atomic E-state index is -3.79. The highest BCUT2D eigenvalue weighted by Crippen LogP contribution is 2.36. The van der Waals surface area contributed by atoms with Crippen LogP contribution in [0.3, 0.4) is 0 Å². The fourth-order valence-electron chi connectivity index (χ4n) is 5.39. The average Bonchev–Trinajstić information content (AvgIpc) is 2.88. The average molecular weight is 513 g/mol. The number of allylic oxidation sites excluding steroid dienone is 1. The first kappa shape index (κ1) is 26.6. The van der Waals surface area contributed by atoms with E-state index in [4.69, 9.17) is 9.47 Å². The van der Waals surface area contributed by atoms with Crippen LogP contribution in [0.2, 0.25) is 0 Å². The van der Waals surface area contributed by atoms with E-state index in [-0.39, 0.29) is 5.92 Å². The van der Waals surface area contributed by atoms with Gasteiger partial charge in [-0.1, -0.05) is 56.4 Å². The second-order valence-electron chi connectivity index (χ2n) is 9.98. The zero-order chi connectivity index (χ0) is 25.5. The monoisotopic (exact) mass is 512 g/mol. The van der Waals surface area contributed by atoms with Gasteiger partial charge in [-0.2, -0.15) is 0 Å². The molecule has 2 N–H and O–H groups in total. The van der Waals surface area contributed by atoms with E-state index >= 15 is 0 Å². The van der Waals surface area contributed by atoms with Crippen molar-refractivity contribution in [1.29, 1.82) is 0 Å². The van der Waals surface area contributed by atoms with Gasteiger partial charge in [0.1, 0.15) is 13.2 Å². The summed E-state index contributed by atoms with van der Waals surface area (Å²) in [5, 5.41) is 3.32. The summed E-state index contributed by atoms with van der Waals surface area (Å²) in [7, 11) is -1.83. The molecule has 1 unspecified atom stereocenters. The Kier molecular flexibility index (Phi) is 8.96. The minimum absolute atomic E-state index is 0.113. The molecule has 7 heteroatoms. The Hall–Kier alpha value is -2.51. The molecule has 1 atom stereocenters. The Balaban J connectivity index is 1.63.